The van der Waals surface area contributed by atoms with Crippen molar-refractivity contribution in [3.63, 3.8) is 0 Å². The lowest BCUT2D eigenvalue weighted by Gasteiger charge is -2.10. The van der Waals surface area contributed by atoms with Gasteiger partial charge in [-0.2, -0.15) is 0 Å². The maximum absolute atomic E-state index is 11.9. The van der Waals surface area contributed by atoms with Gasteiger partial charge in [-0.25, -0.2) is 4.98 Å². The fraction of sp³-hybridized carbons (Fsp3) is 0.154. The van der Waals surface area contributed by atoms with Crippen molar-refractivity contribution in [3.8, 4) is 0 Å². The monoisotopic (exact) mass is 325 g/mol. The van der Waals surface area contributed by atoms with Crippen LogP contribution in [-0.4, -0.2) is 28.5 Å². The van der Waals surface area contributed by atoms with Crippen molar-refractivity contribution in [1.29, 1.82) is 0 Å². The minimum Gasteiger partial charge on any atom is -0.480 e. The Hall–Kier alpha value is -2.12. The molecule has 0 saturated carbocycles. The highest BCUT2D eigenvalue weighted by molar-refractivity contribution is 7.15. The first-order valence-electron chi connectivity index (χ1n) is 5.99. The van der Waals surface area contributed by atoms with E-state index in [9.17, 15) is 9.59 Å². The lowest BCUT2D eigenvalue weighted by molar-refractivity contribution is -0.135. The van der Waals surface area contributed by atoms with Crippen LogP contribution in [0.2, 0.25) is 4.47 Å². The number of hydrogen-bond acceptors (Lipinski definition) is 5. The summed E-state index contributed by atoms with van der Waals surface area (Å²) in [5.74, 6) is -1.53. The van der Waals surface area contributed by atoms with E-state index in [1.54, 1.807) is 30.5 Å². The highest BCUT2D eigenvalue weighted by Gasteiger charge is 2.12. The third-order valence-corrected chi connectivity index (χ3v) is 3.67. The number of nitrogens with one attached hydrogen (secondary N) is 2. The maximum Gasteiger partial charge on any atom is 0.322 e. The second kappa shape index (κ2) is 7.05. The number of benzene rings is 1. The predicted octanol–water partition coefficient (Wildman–Crippen LogP) is 2.22. The van der Waals surface area contributed by atoms with Crippen LogP contribution in [0.15, 0.2) is 30.5 Å². The first kappa shape index (κ1) is 15.3. The molecular formula is C13H12ClN3O3S. The van der Waals surface area contributed by atoms with Crippen molar-refractivity contribution in [3.05, 3.63) is 45.4 Å². The number of aromatic nitrogens is 1. The number of carbonyl (C=O) groups is 2. The van der Waals surface area contributed by atoms with Crippen molar-refractivity contribution < 1.29 is 14.7 Å². The van der Waals surface area contributed by atoms with Gasteiger partial charge >= 0.3 is 5.97 Å². The van der Waals surface area contributed by atoms with Gasteiger partial charge in [0.1, 0.15) is 6.54 Å². The van der Waals surface area contributed by atoms with Crippen LogP contribution in [0, 0.1) is 0 Å². The number of para-hydroxylation sites is 1. The molecule has 0 radical (unpaired) electrons. The fourth-order valence-corrected chi connectivity index (χ4v) is 2.55. The largest absolute Gasteiger partial charge is 0.480 e. The molecule has 0 atom stereocenters. The molecule has 1 aromatic heterocycles. The molecule has 0 bridgehead atoms. The Kier molecular flexibility index (Phi) is 5.13. The minimum atomic E-state index is -1.09. The van der Waals surface area contributed by atoms with E-state index in [2.05, 4.69) is 15.6 Å². The summed E-state index contributed by atoms with van der Waals surface area (Å²) in [5, 5.41) is 14.0. The predicted molar refractivity (Wildman–Crippen MR) is 80.9 cm³/mol. The van der Waals surface area contributed by atoms with Crippen LogP contribution >= 0.6 is 22.9 Å². The zero-order valence-corrected chi connectivity index (χ0v) is 12.4. The van der Waals surface area contributed by atoms with Gasteiger partial charge < -0.3 is 15.7 Å². The molecule has 0 spiro atoms. The number of hydrogen-bond donors (Lipinski definition) is 3. The topological polar surface area (TPSA) is 91.3 Å². The van der Waals surface area contributed by atoms with Crippen molar-refractivity contribution in [2.45, 2.75) is 6.54 Å². The van der Waals surface area contributed by atoms with Crippen molar-refractivity contribution >= 4 is 40.5 Å². The smallest absolute Gasteiger partial charge is 0.322 e. The standard InChI is InChI=1S/C13H12ClN3O3S/c14-13-17-6-8(21-13)5-15-10-4-2-1-3-9(10)12(20)16-7-11(18)19/h1-4,6,15H,5,7H2,(H,16,20)(H,18,19). The number of anilines is 1. The molecule has 0 aliphatic carbocycles. The highest BCUT2D eigenvalue weighted by atomic mass is 35.5. The molecule has 0 unspecified atom stereocenters. The third kappa shape index (κ3) is 4.44. The second-order valence-electron chi connectivity index (χ2n) is 4.06. The molecule has 21 heavy (non-hydrogen) atoms. The Morgan fingerprint density at radius 3 is 2.76 bits per heavy atom. The molecule has 0 aliphatic rings. The summed E-state index contributed by atoms with van der Waals surface area (Å²) in [6.07, 6.45) is 1.66. The SMILES string of the molecule is O=C(O)CNC(=O)c1ccccc1NCc1cnc(Cl)s1. The van der Waals surface area contributed by atoms with E-state index in [0.717, 1.165) is 4.88 Å². The number of amides is 1. The molecule has 0 saturated heterocycles. The van der Waals surface area contributed by atoms with Crippen molar-refractivity contribution in [2.75, 3.05) is 11.9 Å². The zero-order valence-electron chi connectivity index (χ0n) is 10.8. The molecule has 2 rings (SSSR count). The normalized spacial score (nSPS) is 10.1. The average molecular weight is 326 g/mol. The molecular weight excluding hydrogens is 314 g/mol. The Labute approximate surface area is 129 Å². The van der Waals surface area contributed by atoms with Crippen LogP contribution in [0.4, 0.5) is 5.69 Å². The molecule has 1 heterocycles. The average Bonchev–Trinajstić information content (AvgIpc) is 2.88. The summed E-state index contributed by atoms with van der Waals surface area (Å²) in [6.45, 7) is 0.0607. The number of carboxylic acid groups (broad SMARTS) is 1. The zero-order chi connectivity index (χ0) is 15.2. The summed E-state index contributed by atoms with van der Waals surface area (Å²) in [4.78, 5) is 27.3. The summed E-state index contributed by atoms with van der Waals surface area (Å²) < 4.78 is 0.458. The van der Waals surface area contributed by atoms with Crippen LogP contribution in [0.25, 0.3) is 0 Å². The number of halogens is 1. The van der Waals surface area contributed by atoms with E-state index in [1.807, 2.05) is 0 Å². The Balaban J connectivity index is 2.05. The lowest BCUT2D eigenvalue weighted by atomic mass is 10.1. The Morgan fingerprint density at radius 2 is 2.10 bits per heavy atom. The first-order valence-corrected chi connectivity index (χ1v) is 7.19. The van der Waals surface area contributed by atoms with Crippen LogP contribution in [0.1, 0.15) is 15.2 Å². The number of thiazole rings is 1. The molecule has 0 fully saturated rings. The van der Waals surface area contributed by atoms with Gasteiger partial charge in [0.2, 0.25) is 0 Å². The van der Waals surface area contributed by atoms with E-state index in [0.29, 0.717) is 22.3 Å². The van der Waals surface area contributed by atoms with Crippen LogP contribution in [0.5, 0.6) is 0 Å². The summed E-state index contributed by atoms with van der Waals surface area (Å²) in [7, 11) is 0. The van der Waals surface area contributed by atoms with Gasteiger partial charge in [0, 0.05) is 16.8 Å². The van der Waals surface area contributed by atoms with Crippen molar-refractivity contribution in [2.24, 2.45) is 0 Å². The minimum absolute atomic E-state index is 0.384. The number of carbonyl (C=O) groups excluding carboxylic acids is 1. The number of rotatable bonds is 6. The van der Waals surface area contributed by atoms with Crippen LogP contribution in [-0.2, 0) is 11.3 Å². The van der Waals surface area contributed by atoms with Gasteiger partial charge in [-0.05, 0) is 12.1 Å². The van der Waals surface area contributed by atoms with Gasteiger partial charge in [0.15, 0.2) is 4.47 Å². The fourth-order valence-electron chi connectivity index (χ4n) is 1.63. The van der Waals surface area contributed by atoms with E-state index < -0.39 is 18.4 Å². The van der Waals surface area contributed by atoms with E-state index in [1.165, 1.54) is 11.3 Å². The summed E-state index contributed by atoms with van der Waals surface area (Å²) >= 11 is 7.10. The number of aliphatic carboxylic acids is 1. The third-order valence-electron chi connectivity index (χ3n) is 2.55. The van der Waals surface area contributed by atoms with Gasteiger partial charge in [-0.1, -0.05) is 23.7 Å². The molecule has 3 N–H and O–H groups in total. The Bertz CT molecular complexity index is 660. The molecule has 110 valence electrons. The van der Waals surface area contributed by atoms with E-state index in [-0.39, 0.29) is 0 Å². The summed E-state index contributed by atoms with van der Waals surface area (Å²) in [6, 6.07) is 6.87. The quantitative estimate of drug-likeness (QED) is 0.757. The first-order chi connectivity index (χ1) is 10.1. The molecule has 8 heteroatoms. The van der Waals surface area contributed by atoms with Gasteiger partial charge in [-0.3, -0.25) is 9.59 Å². The van der Waals surface area contributed by atoms with E-state index >= 15 is 0 Å². The van der Waals surface area contributed by atoms with Gasteiger partial charge in [0.05, 0.1) is 12.1 Å². The molecule has 1 aromatic carbocycles. The van der Waals surface area contributed by atoms with Crippen molar-refractivity contribution in [1.82, 2.24) is 10.3 Å². The lowest BCUT2D eigenvalue weighted by Crippen LogP contribution is -2.29. The molecule has 1 amide bonds. The second-order valence-corrected chi connectivity index (χ2v) is 5.75. The number of nitrogens with zero attached hydrogens (tertiary/aromatic N) is 1. The Morgan fingerprint density at radius 1 is 1.33 bits per heavy atom. The highest BCUT2D eigenvalue weighted by Crippen LogP contribution is 2.20. The van der Waals surface area contributed by atoms with Gasteiger partial charge in [-0.15, -0.1) is 11.3 Å². The van der Waals surface area contributed by atoms with Gasteiger partial charge in [0.25, 0.3) is 5.91 Å². The summed E-state index contributed by atoms with van der Waals surface area (Å²) in [5.41, 5.74) is 0.999. The van der Waals surface area contributed by atoms with Crippen LogP contribution in [0.3, 0.4) is 0 Å². The number of carboxylic acids is 1. The van der Waals surface area contributed by atoms with E-state index in [4.69, 9.17) is 16.7 Å². The van der Waals surface area contributed by atoms with Crippen LogP contribution < -0.4 is 10.6 Å². The molecule has 0 aliphatic heterocycles. The molecule has 6 nitrogen and oxygen atoms in total. The molecule has 2 aromatic rings. The maximum atomic E-state index is 11.9.